The first kappa shape index (κ1) is 9.72. The van der Waals surface area contributed by atoms with E-state index < -0.39 is 10.8 Å². The van der Waals surface area contributed by atoms with Crippen LogP contribution in [0.15, 0.2) is 29.2 Å². The van der Waals surface area contributed by atoms with Crippen molar-refractivity contribution in [3.63, 3.8) is 0 Å². The molecule has 0 aliphatic carbocycles. The van der Waals surface area contributed by atoms with Gasteiger partial charge in [-0.15, -0.1) is 0 Å². The van der Waals surface area contributed by atoms with Gasteiger partial charge in [-0.3, -0.25) is 14.5 Å². The molecule has 3 rings (SSSR count). The Morgan fingerprint density at radius 3 is 2.94 bits per heavy atom. The van der Waals surface area contributed by atoms with Crippen molar-refractivity contribution in [2.45, 2.75) is 22.6 Å². The van der Waals surface area contributed by atoms with E-state index >= 15 is 0 Å². The van der Waals surface area contributed by atoms with Gasteiger partial charge in [0.25, 0.3) is 5.91 Å². The standard InChI is InChI=1S/C11H10N2O2S/c12-10(15)11-6-5-9(14)13(11)7-3-1-2-4-8(7)16-11/h1-4H,5-6H2,(H2,12,15). The molecule has 2 N–H and O–H groups in total. The molecule has 5 heteroatoms. The van der Waals surface area contributed by atoms with E-state index in [1.165, 1.54) is 11.8 Å². The number of anilines is 1. The first-order valence-corrected chi connectivity index (χ1v) is 5.88. The molecule has 1 aromatic rings. The molecule has 2 amide bonds. The van der Waals surface area contributed by atoms with Crippen LogP contribution in [0, 0.1) is 0 Å². The van der Waals surface area contributed by atoms with Gasteiger partial charge in [-0.1, -0.05) is 23.9 Å². The molecule has 4 nitrogen and oxygen atoms in total. The number of thioether (sulfide) groups is 1. The van der Waals surface area contributed by atoms with Crippen LogP contribution in [-0.4, -0.2) is 16.7 Å². The van der Waals surface area contributed by atoms with Gasteiger partial charge in [0.05, 0.1) is 5.69 Å². The predicted molar refractivity (Wildman–Crippen MR) is 60.9 cm³/mol. The first-order valence-electron chi connectivity index (χ1n) is 5.06. The van der Waals surface area contributed by atoms with E-state index in [1.807, 2.05) is 24.3 Å². The fourth-order valence-corrected chi connectivity index (χ4v) is 3.69. The summed E-state index contributed by atoms with van der Waals surface area (Å²) in [6.45, 7) is 0. The summed E-state index contributed by atoms with van der Waals surface area (Å²) in [5.74, 6) is -0.448. The van der Waals surface area contributed by atoms with Crippen LogP contribution in [0.4, 0.5) is 5.69 Å². The van der Waals surface area contributed by atoms with Crippen LogP contribution in [0.2, 0.25) is 0 Å². The minimum atomic E-state index is -0.874. The van der Waals surface area contributed by atoms with Crippen LogP contribution in [0.1, 0.15) is 12.8 Å². The minimum Gasteiger partial charge on any atom is -0.367 e. The third-order valence-corrected chi connectivity index (χ3v) is 4.55. The highest BCUT2D eigenvalue weighted by atomic mass is 32.2. The number of nitrogens with zero attached hydrogens (tertiary/aromatic N) is 1. The number of rotatable bonds is 1. The molecule has 1 fully saturated rings. The van der Waals surface area contributed by atoms with Crippen LogP contribution in [0.25, 0.3) is 0 Å². The summed E-state index contributed by atoms with van der Waals surface area (Å²) < 4.78 is 0. The summed E-state index contributed by atoms with van der Waals surface area (Å²) in [5, 5.41) is 0. The van der Waals surface area contributed by atoms with E-state index in [-0.39, 0.29) is 5.91 Å². The predicted octanol–water partition coefficient (Wildman–Crippen LogP) is 1.10. The van der Waals surface area contributed by atoms with Crippen molar-refractivity contribution < 1.29 is 9.59 Å². The summed E-state index contributed by atoms with van der Waals surface area (Å²) in [6.07, 6.45) is 0.894. The Balaban J connectivity index is 2.19. The zero-order chi connectivity index (χ0) is 11.3. The molecule has 0 bridgehead atoms. The average molecular weight is 234 g/mol. The molecule has 0 aromatic heterocycles. The second-order valence-electron chi connectivity index (χ2n) is 3.95. The largest absolute Gasteiger partial charge is 0.367 e. The summed E-state index contributed by atoms with van der Waals surface area (Å²) >= 11 is 1.40. The summed E-state index contributed by atoms with van der Waals surface area (Å²) in [4.78, 5) is 25.1. The Morgan fingerprint density at radius 1 is 1.44 bits per heavy atom. The highest BCUT2D eigenvalue weighted by molar-refractivity contribution is 8.02. The molecular formula is C11H10N2O2S. The number of carbonyl (C=O) groups excluding carboxylic acids is 2. The van der Waals surface area contributed by atoms with Crippen molar-refractivity contribution in [3.8, 4) is 0 Å². The highest BCUT2D eigenvalue weighted by Crippen LogP contribution is 2.55. The SMILES string of the molecule is NC(=O)C12CCC(=O)N1c1ccccc1S2. The lowest BCUT2D eigenvalue weighted by Crippen LogP contribution is -2.50. The molecule has 82 valence electrons. The number of hydrogen-bond donors (Lipinski definition) is 1. The maximum atomic E-state index is 11.8. The second-order valence-corrected chi connectivity index (χ2v) is 5.27. The Kier molecular flexibility index (Phi) is 1.83. The number of carbonyl (C=O) groups is 2. The maximum Gasteiger partial charge on any atom is 0.254 e. The lowest BCUT2D eigenvalue weighted by Gasteiger charge is -2.27. The van der Waals surface area contributed by atoms with E-state index in [1.54, 1.807) is 4.90 Å². The van der Waals surface area contributed by atoms with Crippen LogP contribution in [0.5, 0.6) is 0 Å². The highest BCUT2D eigenvalue weighted by Gasteiger charge is 2.56. The first-order chi connectivity index (χ1) is 7.65. The van der Waals surface area contributed by atoms with E-state index in [0.717, 1.165) is 10.6 Å². The lowest BCUT2D eigenvalue weighted by atomic mass is 10.2. The van der Waals surface area contributed by atoms with Gasteiger partial charge in [-0.05, 0) is 18.6 Å². The monoisotopic (exact) mass is 234 g/mol. The van der Waals surface area contributed by atoms with Gasteiger partial charge in [0.2, 0.25) is 5.91 Å². The summed E-state index contributed by atoms with van der Waals surface area (Å²) in [5.41, 5.74) is 6.28. The summed E-state index contributed by atoms with van der Waals surface area (Å²) in [6, 6.07) is 7.53. The number of benzene rings is 1. The molecule has 2 aliphatic rings. The number of fused-ring (bicyclic) bond motifs is 3. The fourth-order valence-electron chi connectivity index (χ4n) is 2.32. The van der Waals surface area contributed by atoms with Crippen molar-refractivity contribution >= 4 is 29.3 Å². The van der Waals surface area contributed by atoms with Gasteiger partial charge < -0.3 is 5.73 Å². The third kappa shape index (κ3) is 1.01. The molecular weight excluding hydrogens is 224 g/mol. The smallest absolute Gasteiger partial charge is 0.254 e. The summed E-state index contributed by atoms with van der Waals surface area (Å²) in [7, 11) is 0. The fraction of sp³-hybridized carbons (Fsp3) is 0.273. The Labute approximate surface area is 96.8 Å². The number of hydrogen-bond acceptors (Lipinski definition) is 3. The van der Waals surface area contributed by atoms with Crippen molar-refractivity contribution in [2.75, 3.05) is 4.90 Å². The topological polar surface area (TPSA) is 63.4 Å². The molecule has 1 aromatic carbocycles. The Hall–Kier alpha value is -1.49. The number of para-hydroxylation sites is 1. The minimum absolute atomic E-state index is 0.0174. The molecule has 1 unspecified atom stereocenters. The quantitative estimate of drug-likeness (QED) is 0.791. The van der Waals surface area contributed by atoms with Crippen molar-refractivity contribution in [3.05, 3.63) is 24.3 Å². The molecule has 0 saturated carbocycles. The zero-order valence-corrected chi connectivity index (χ0v) is 9.29. The average Bonchev–Trinajstić information content (AvgIpc) is 2.75. The molecule has 0 radical (unpaired) electrons. The molecule has 2 heterocycles. The Bertz CT molecular complexity index is 503. The van der Waals surface area contributed by atoms with Gasteiger partial charge >= 0.3 is 0 Å². The Morgan fingerprint density at radius 2 is 2.19 bits per heavy atom. The normalized spacial score (nSPS) is 26.8. The van der Waals surface area contributed by atoms with Crippen LogP contribution >= 0.6 is 11.8 Å². The number of primary amides is 1. The van der Waals surface area contributed by atoms with Crippen LogP contribution < -0.4 is 10.6 Å². The molecule has 1 atom stereocenters. The van der Waals surface area contributed by atoms with E-state index in [2.05, 4.69) is 0 Å². The second kappa shape index (κ2) is 3.01. The van der Waals surface area contributed by atoms with Gasteiger partial charge in [0.15, 0.2) is 4.87 Å². The van der Waals surface area contributed by atoms with Gasteiger partial charge in [-0.2, -0.15) is 0 Å². The van der Waals surface area contributed by atoms with Gasteiger partial charge in [0.1, 0.15) is 0 Å². The lowest BCUT2D eigenvalue weighted by molar-refractivity contribution is -0.122. The number of amides is 2. The molecule has 0 spiro atoms. The van der Waals surface area contributed by atoms with Crippen molar-refractivity contribution in [1.29, 1.82) is 0 Å². The third-order valence-electron chi connectivity index (χ3n) is 3.06. The zero-order valence-electron chi connectivity index (χ0n) is 8.47. The van der Waals surface area contributed by atoms with E-state index in [4.69, 9.17) is 5.73 Å². The number of nitrogens with two attached hydrogens (primary N) is 1. The van der Waals surface area contributed by atoms with Crippen molar-refractivity contribution in [2.24, 2.45) is 5.73 Å². The van der Waals surface area contributed by atoms with E-state index in [9.17, 15) is 9.59 Å². The van der Waals surface area contributed by atoms with Crippen LogP contribution in [0.3, 0.4) is 0 Å². The molecule has 2 aliphatic heterocycles. The van der Waals surface area contributed by atoms with Gasteiger partial charge in [0, 0.05) is 11.3 Å². The maximum absolute atomic E-state index is 11.8. The van der Waals surface area contributed by atoms with Gasteiger partial charge in [-0.25, -0.2) is 0 Å². The van der Waals surface area contributed by atoms with E-state index in [0.29, 0.717) is 12.8 Å². The van der Waals surface area contributed by atoms with Crippen LogP contribution in [-0.2, 0) is 9.59 Å². The molecule has 1 saturated heterocycles. The molecule has 16 heavy (non-hydrogen) atoms. The van der Waals surface area contributed by atoms with Crippen molar-refractivity contribution in [1.82, 2.24) is 0 Å².